The second kappa shape index (κ2) is 7.42. The summed E-state index contributed by atoms with van der Waals surface area (Å²) >= 11 is 0. The first-order valence-corrected chi connectivity index (χ1v) is 8.99. The Hall–Kier alpha value is -2.83. The maximum Gasteiger partial charge on any atom is 0.410 e. The molecule has 0 saturated carbocycles. The van der Waals surface area contributed by atoms with E-state index in [1.165, 1.54) is 7.11 Å². The molecule has 0 aliphatic carbocycles. The number of esters is 1. The smallest absolute Gasteiger partial charge is 0.410 e. The molecule has 1 saturated heterocycles. The highest BCUT2D eigenvalue weighted by Crippen LogP contribution is 2.21. The fraction of sp³-hybridized carbons (Fsp3) is 0.450. The zero-order valence-electron chi connectivity index (χ0n) is 16.2. The van der Waals surface area contributed by atoms with Crippen LogP contribution in [0.3, 0.4) is 0 Å². The predicted octanol–water partition coefficient (Wildman–Crippen LogP) is 3.08. The highest BCUT2D eigenvalue weighted by molar-refractivity contribution is 5.94. The van der Waals surface area contributed by atoms with Gasteiger partial charge in [-0.3, -0.25) is 0 Å². The number of hydrogen-bond acceptors (Lipinski definition) is 6. The van der Waals surface area contributed by atoms with E-state index in [0.717, 1.165) is 16.7 Å². The van der Waals surface area contributed by atoms with E-state index in [1.54, 1.807) is 17.0 Å². The first-order chi connectivity index (χ1) is 12.8. The van der Waals surface area contributed by atoms with Gasteiger partial charge in [0.2, 0.25) is 0 Å². The van der Waals surface area contributed by atoms with E-state index >= 15 is 0 Å². The number of pyridine rings is 1. The third kappa shape index (κ3) is 4.48. The zero-order chi connectivity index (χ0) is 19.6. The van der Waals surface area contributed by atoms with Crippen LogP contribution in [-0.4, -0.2) is 60.8 Å². The van der Waals surface area contributed by atoms with Gasteiger partial charge in [0, 0.05) is 31.6 Å². The second-order valence-electron chi connectivity index (χ2n) is 7.52. The van der Waals surface area contributed by atoms with Gasteiger partial charge in [0.15, 0.2) is 0 Å². The molecule has 1 aromatic carbocycles. The summed E-state index contributed by atoms with van der Waals surface area (Å²) in [6, 6.07) is 9.20. The number of nitrogens with zero attached hydrogens (tertiary/aromatic N) is 3. The molecule has 1 amide bonds. The quantitative estimate of drug-likeness (QED) is 0.756. The Morgan fingerprint density at radius 1 is 1.04 bits per heavy atom. The van der Waals surface area contributed by atoms with Gasteiger partial charge in [-0.1, -0.05) is 0 Å². The standard InChI is InChI=1S/C20H25N3O4/c1-20(2,3)27-19(25)23-11-9-22(10-12-23)17-8-6-14-13-15(18(24)26-4)5-7-16(14)21-17/h5-8,13H,9-12H2,1-4H3. The molecule has 0 spiro atoms. The number of methoxy groups -OCH3 is 1. The maximum absolute atomic E-state index is 12.2. The summed E-state index contributed by atoms with van der Waals surface area (Å²) in [5.74, 6) is 0.497. The lowest BCUT2D eigenvalue weighted by Gasteiger charge is -2.36. The van der Waals surface area contributed by atoms with Gasteiger partial charge in [0.05, 0.1) is 18.2 Å². The minimum absolute atomic E-state index is 0.274. The van der Waals surface area contributed by atoms with E-state index in [4.69, 9.17) is 14.5 Å². The summed E-state index contributed by atoms with van der Waals surface area (Å²) < 4.78 is 10.2. The van der Waals surface area contributed by atoms with Crippen LogP contribution in [-0.2, 0) is 9.47 Å². The lowest BCUT2D eigenvalue weighted by molar-refractivity contribution is 0.0240. The topological polar surface area (TPSA) is 72.0 Å². The lowest BCUT2D eigenvalue weighted by Crippen LogP contribution is -2.50. The monoisotopic (exact) mass is 371 g/mol. The molecule has 144 valence electrons. The molecule has 0 N–H and O–H groups in total. The van der Waals surface area contributed by atoms with Crippen molar-refractivity contribution in [1.29, 1.82) is 0 Å². The van der Waals surface area contributed by atoms with Crippen molar-refractivity contribution < 1.29 is 19.1 Å². The van der Waals surface area contributed by atoms with E-state index in [0.29, 0.717) is 31.7 Å². The average molecular weight is 371 g/mol. The minimum atomic E-state index is -0.489. The molecular formula is C20H25N3O4. The van der Waals surface area contributed by atoms with Crippen LogP contribution in [0.15, 0.2) is 30.3 Å². The van der Waals surface area contributed by atoms with E-state index in [2.05, 4.69) is 4.90 Å². The fourth-order valence-corrected chi connectivity index (χ4v) is 2.98. The van der Waals surface area contributed by atoms with E-state index in [1.807, 2.05) is 39.0 Å². The summed E-state index contributed by atoms with van der Waals surface area (Å²) in [6.45, 7) is 8.17. The number of hydrogen-bond donors (Lipinski definition) is 0. The van der Waals surface area contributed by atoms with Crippen LogP contribution in [0.1, 0.15) is 31.1 Å². The van der Waals surface area contributed by atoms with Gasteiger partial charge < -0.3 is 19.3 Å². The Morgan fingerprint density at radius 2 is 1.74 bits per heavy atom. The van der Waals surface area contributed by atoms with E-state index in [-0.39, 0.29) is 12.1 Å². The van der Waals surface area contributed by atoms with Crippen molar-refractivity contribution in [3.05, 3.63) is 35.9 Å². The van der Waals surface area contributed by atoms with Crippen molar-refractivity contribution in [3.8, 4) is 0 Å². The number of benzene rings is 1. The summed E-state index contributed by atoms with van der Waals surface area (Å²) in [4.78, 5) is 32.4. The molecule has 1 aliphatic rings. The summed E-state index contributed by atoms with van der Waals surface area (Å²) in [6.07, 6.45) is -0.274. The Kier molecular flexibility index (Phi) is 5.21. The van der Waals surface area contributed by atoms with Gasteiger partial charge in [-0.25, -0.2) is 14.6 Å². The largest absolute Gasteiger partial charge is 0.465 e. The van der Waals surface area contributed by atoms with Gasteiger partial charge in [-0.15, -0.1) is 0 Å². The molecule has 0 unspecified atom stereocenters. The van der Waals surface area contributed by atoms with Crippen LogP contribution in [0.25, 0.3) is 10.9 Å². The Morgan fingerprint density at radius 3 is 2.37 bits per heavy atom. The zero-order valence-corrected chi connectivity index (χ0v) is 16.2. The molecule has 2 aromatic rings. The van der Waals surface area contributed by atoms with Crippen molar-refractivity contribution in [2.24, 2.45) is 0 Å². The number of anilines is 1. The molecule has 2 heterocycles. The average Bonchev–Trinajstić information content (AvgIpc) is 2.65. The third-order valence-corrected chi connectivity index (χ3v) is 4.35. The first kappa shape index (κ1) is 18.9. The molecule has 1 aliphatic heterocycles. The molecule has 0 atom stereocenters. The molecule has 0 bridgehead atoms. The van der Waals surface area contributed by atoms with Crippen LogP contribution < -0.4 is 4.90 Å². The van der Waals surface area contributed by atoms with Gasteiger partial charge in [-0.05, 0) is 51.1 Å². The molecule has 27 heavy (non-hydrogen) atoms. The Bertz CT molecular complexity index is 852. The van der Waals surface area contributed by atoms with Crippen molar-refractivity contribution in [2.45, 2.75) is 26.4 Å². The molecule has 7 nitrogen and oxygen atoms in total. The molecule has 1 aromatic heterocycles. The van der Waals surface area contributed by atoms with Crippen molar-refractivity contribution >= 4 is 28.8 Å². The number of piperazine rings is 1. The molecule has 1 fully saturated rings. The molecule has 0 radical (unpaired) electrons. The number of fused-ring (bicyclic) bond motifs is 1. The molecule has 7 heteroatoms. The van der Waals surface area contributed by atoms with Crippen LogP contribution in [0.5, 0.6) is 0 Å². The lowest BCUT2D eigenvalue weighted by atomic mass is 10.1. The highest BCUT2D eigenvalue weighted by atomic mass is 16.6. The van der Waals surface area contributed by atoms with Gasteiger partial charge in [0.1, 0.15) is 11.4 Å². The Balaban J connectivity index is 1.68. The van der Waals surface area contributed by atoms with E-state index < -0.39 is 5.60 Å². The van der Waals surface area contributed by atoms with Crippen LogP contribution >= 0.6 is 0 Å². The van der Waals surface area contributed by atoms with Crippen molar-refractivity contribution in [3.63, 3.8) is 0 Å². The van der Waals surface area contributed by atoms with Crippen molar-refractivity contribution in [1.82, 2.24) is 9.88 Å². The number of amides is 1. The predicted molar refractivity (Wildman–Crippen MR) is 103 cm³/mol. The summed E-state index contributed by atoms with van der Waals surface area (Å²) in [7, 11) is 1.37. The van der Waals surface area contributed by atoms with Crippen LogP contribution in [0.4, 0.5) is 10.6 Å². The number of carbonyl (C=O) groups is 2. The Labute approximate surface area is 158 Å². The normalized spacial score (nSPS) is 15.0. The molecular weight excluding hydrogens is 346 g/mol. The second-order valence-corrected chi connectivity index (χ2v) is 7.52. The third-order valence-electron chi connectivity index (χ3n) is 4.35. The minimum Gasteiger partial charge on any atom is -0.465 e. The number of carbonyl (C=O) groups excluding carboxylic acids is 2. The number of aromatic nitrogens is 1. The molecule has 3 rings (SSSR count). The summed E-state index contributed by atoms with van der Waals surface area (Å²) in [5, 5.41) is 0.883. The first-order valence-electron chi connectivity index (χ1n) is 8.99. The fourth-order valence-electron chi connectivity index (χ4n) is 2.98. The van der Waals surface area contributed by atoms with Crippen LogP contribution in [0.2, 0.25) is 0 Å². The van der Waals surface area contributed by atoms with Gasteiger partial charge in [-0.2, -0.15) is 0 Å². The summed E-state index contributed by atoms with van der Waals surface area (Å²) in [5.41, 5.74) is 0.831. The van der Waals surface area contributed by atoms with E-state index in [9.17, 15) is 9.59 Å². The maximum atomic E-state index is 12.2. The van der Waals surface area contributed by atoms with Crippen molar-refractivity contribution in [2.75, 3.05) is 38.2 Å². The van der Waals surface area contributed by atoms with Gasteiger partial charge in [0.25, 0.3) is 0 Å². The SMILES string of the molecule is COC(=O)c1ccc2nc(N3CCN(C(=O)OC(C)(C)C)CC3)ccc2c1. The number of rotatable bonds is 2. The number of ether oxygens (including phenoxy) is 2. The van der Waals surface area contributed by atoms with Gasteiger partial charge >= 0.3 is 12.1 Å². The highest BCUT2D eigenvalue weighted by Gasteiger charge is 2.26. The van der Waals surface area contributed by atoms with Crippen LogP contribution in [0, 0.1) is 0 Å².